The smallest absolute Gasteiger partial charge is 0.303 e. The first kappa shape index (κ1) is 26.6. The van der Waals surface area contributed by atoms with Crippen molar-refractivity contribution in [3.63, 3.8) is 0 Å². The van der Waals surface area contributed by atoms with Crippen molar-refractivity contribution in [1.29, 1.82) is 0 Å². The standard InChI is InChI=1S/C22H26O12/c1-11(24)29-10-18-19(30-12(2)25)20(31-13(3)26)21(32-14(4)27)22(34-18)33-16-7-6-15(9-23)8-17(16)28-5/h6-9,18-22H,10H2,1-5H3/t18-,19+,20-,21-,22+/m0/s1. The van der Waals surface area contributed by atoms with E-state index in [-0.39, 0.29) is 18.1 Å². The van der Waals surface area contributed by atoms with Crippen LogP contribution in [0.15, 0.2) is 18.2 Å². The van der Waals surface area contributed by atoms with Gasteiger partial charge in [-0.05, 0) is 18.2 Å². The van der Waals surface area contributed by atoms with Gasteiger partial charge < -0.3 is 33.2 Å². The van der Waals surface area contributed by atoms with Crippen LogP contribution in [0.4, 0.5) is 0 Å². The molecule has 0 amide bonds. The number of hydrogen-bond donors (Lipinski definition) is 0. The Morgan fingerprint density at radius 3 is 1.97 bits per heavy atom. The summed E-state index contributed by atoms with van der Waals surface area (Å²) in [5.74, 6) is -2.64. The van der Waals surface area contributed by atoms with Crippen molar-refractivity contribution in [2.75, 3.05) is 13.7 Å². The lowest BCUT2D eigenvalue weighted by molar-refractivity contribution is -0.288. The quantitative estimate of drug-likeness (QED) is 0.280. The zero-order valence-corrected chi connectivity index (χ0v) is 19.3. The van der Waals surface area contributed by atoms with E-state index in [4.69, 9.17) is 33.2 Å². The van der Waals surface area contributed by atoms with Gasteiger partial charge in [-0.3, -0.25) is 24.0 Å². The van der Waals surface area contributed by atoms with Gasteiger partial charge in [-0.15, -0.1) is 0 Å². The van der Waals surface area contributed by atoms with Crippen molar-refractivity contribution in [3.8, 4) is 11.5 Å². The van der Waals surface area contributed by atoms with E-state index >= 15 is 0 Å². The van der Waals surface area contributed by atoms with E-state index in [9.17, 15) is 24.0 Å². The van der Waals surface area contributed by atoms with Crippen LogP contribution in [0.3, 0.4) is 0 Å². The number of hydrogen-bond acceptors (Lipinski definition) is 12. The molecule has 1 aromatic rings. The van der Waals surface area contributed by atoms with E-state index in [2.05, 4.69) is 0 Å². The molecule has 0 aliphatic carbocycles. The van der Waals surface area contributed by atoms with Gasteiger partial charge in [0.1, 0.15) is 19.0 Å². The lowest BCUT2D eigenvalue weighted by Crippen LogP contribution is -2.63. The Morgan fingerprint density at radius 1 is 0.853 bits per heavy atom. The summed E-state index contributed by atoms with van der Waals surface area (Å²) in [6.07, 6.45) is -6.03. The maximum atomic E-state index is 11.9. The molecule has 186 valence electrons. The number of carbonyl (C=O) groups is 5. The zero-order valence-electron chi connectivity index (χ0n) is 19.3. The fourth-order valence-electron chi connectivity index (χ4n) is 3.26. The van der Waals surface area contributed by atoms with Crippen LogP contribution >= 0.6 is 0 Å². The van der Waals surface area contributed by atoms with Gasteiger partial charge in [0.15, 0.2) is 23.7 Å². The molecule has 1 fully saturated rings. The number of rotatable bonds is 9. The van der Waals surface area contributed by atoms with Gasteiger partial charge in [0.25, 0.3) is 0 Å². The predicted octanol–water partition coefficient (Wildman–Crippen LogP) is 0.970. The monoisotopic (exact) mass is 482 g/mol. The van der Waals surface area contributed by atoms with Crippen LogP contribution in [0, 0.1) is 0 Å². The maximum absolute atomic E-state index is 11.9. The molecule has 0 aromatic heterocycles. The SMILES string of the molecule is COc1cc(C=O)ccc1O[C@@H]1O[C@@H](COC(C)=O)[C@@H](OC(C)=O)[C@H](OC(C)=O)[C@@H]1OC(C)=O. The highest BCUT2D eigenvalue weighted by atomic mass is 16.7. The van der Waals surface area contributed by atoms with Crippen molar-refractivity contribution in [2.45, 2.75) is 58.4 Å². The largest absolute Gasteiger partial charge is 0.493 e. The molecule has 0 spiro atoms. The zero-order chi connectivity index (χ0) is 25.4. The molecule has 1 heterocycles. The molecule has 5 atom stereocenters. The number of aldehydes is 1. The van der Waals surface area contributed by atoms with Crippen LogP contribution in [0.5, 0.6) is 11.5 Å². The van der Waals surface area contributed by atoms with Crippen molar-refractivity contribution in [2.24, 2.45) is 0 Å². The van der Waals surface area contributed by atoms with E-state index in [0.29, 0.717) is 11.8 Å². The molecular weight excluding hydrogens is 456 g/mol. The van der Waals surface area contributed by atoms with Gasteiger partial charge in [-0.1, -0.05) is 0 Å². The third-order valence-corrected chi connectivity index (χ3v) is 4.52. The average Bonchev–Trinajstić information content (AvgIpc) is 2.75. The van der Waals surface area contributed by atoms with Gasteiger partial charge in [0, 0.05) is 33.3 Å². The number of ether oxygens (including phenoxy) is 7. The van der Waals surface area contributed by atoms with E-state index < -0.39 is 54.6 Å². The molecule has 0 radical (unpaired) electrons. The Kier molecular flexibility index (Phi) is 9.36. The van der Waals surface area contributed by atoms with Crippen LogP contribution in [0.25, 0.3) is 0 Å². The van der Waals surface area contributed by atoms with E-state index in [1.54, 1.807) is 0 Å². The molecular formula is C22H26O12. The molecule has 0 N–H and O–H groups in total. The highest BCUT2D eigenvalue weighted by Crippen LogP contribution is 2.34. The predicted molar refractivity (Wildman–Crippen MR) is 111 cm³/mol. The van der Waals surface area contributed by atoms with Gasteiger partial charge in [-0.2, -0.15) is 0 Å². The Balaban J connectivity index is 2.51. The molecule has 2 rings (SSSR count). The van der Waals surface area contributed by atoms with E-state index in [1.165, 1.54) is 32.2 Å². The third-order valence-electron chi connectivity index (χ3n) is 4.52. The molecule has 1 aliphatic heterocycles. The molecule has 12 nitrogen and oxygen atoms in total. The Bertz CT molecular complexity index is 926. The average molecular weight is 482 g/mol. The summed E-state index contributed by atoms with van der Waals surface area (Å²) >= 11 is 0. The number of benzene rings is 1. The molecule has 1 aliphatic rings. The van der Waals surface area contributed by atoms with Crippen molar-refractivity contribution < 1.29 is 57.1 Å². The summed E-state index contributed by atoms with van der Waals surface area (Å²) in [4.78, 5) is 57.9. The summed E-state index contributed by atoms with van der Waals surface area (Å²) in [7, 11) is 1.35. The van der Waals surface area contributed by atoms with E-state index in [0.717, 1.165) is 20.8 Å². The number of methoxy groups -OCH3 is 1. The summed E-state index contributed by atoms with van der Waals surface area (Å²) in [5.41, 5.74) is 0.311. The van der Waals surface area contributed by atoms with Crippen LogP contribution < -0.4 is 9.47 Å². The second-order valence-corrected chi connectivity index (χ2v) is 7.21. The summed E-state index contributed by atoms with van der Waals surface area (Å²) in [6, 6.07) is 4.29. The second-order valence-electron chi connectivity index (χ2n) is 7.21. The summed E-state index contributed by atoms with van der Waals surface area (Å²) < 4.78 is 38.0. The van der Waals surface area contributed by atoms with Crippen LogP contribution in [0.1, 0.15) is 38.1 Å². The summed E-state index contributed by atoms with van der Waals surface area (Å²) in [6.45, 7) is 4.13. The van der Waals surface area contributed by atoms with Crippen LogP contribution in [-0.4, -0.2) is 74.6 Å². The second kappa shape index (κ2) is 12.0. The summed E-state index contributed by atoms with van der Waals surface area (Å²) in [5, 5.41) is 0. The first-order valence-corrected chi connectivity index (χ1v) is 10.2. The number of carbonyl (C=O) groups excluding carboxylic acids is 5. The lowest BCUT2D eigenvalue weighted by atomic mass is 9.98. The third kappa shape index (κ3) is 7.17. The fraction of sp³-hybridized carbons (Fsp3) is 0.500. The van der Waals surface area contributed by atoms with E-state index in [1.807, 2.05) is 0 Å². The van der Waals surface area contributed by atoms with Gasteiger partial charge >= 0.3 is 23.9 Å². The van der Waals surface area contributed by atoms with Crippen molar-refractivity contribution in [3.05, 3.63) is 23.8 Å². The Morgan fingerprint density at radius 2 is 1.44 bits per heavy atom. The first-order valence-electron chi connectivity index (χ1n) is 10.2. The molecule has 1 aromatic carbocycles. The van der Waals surface area contributed by atoms with Crippen molar-refractivity contribution >= 4 is 30.2 Å². The highest BCUT2D eigenvalue weighted by Gasteiger charge is 2.53. The Hall–Kier alpha value is -3.67. The van der Waals surface area contributed by atoms with Crippen LogP contribution in [0.2, 0.25) is 0 Å². The number of esters is 4. The molecule has 0 bridgehead atoms. The minimum absolute atomic E-state index is 0.106. The molecule has 12 heteroatoms. The molecule has 1 saturated heterocycles. The lowest BCUT2D eigenvalue weighted by Gasteiger charge is -2.44. The minimum atomic E-state index is -1.42. The topological polar surface area (TPSA) is 150 Å². The first-order chi connectivity index (χ1) is 16.0. The van der Waals surface area contributed by atoms with Crippen LogP contribution in [-0.2, 0) is 42.9 Å². The highest BCUT2D eigenvalue weighted by molar-refractivity contribution is 5.76. The Labute approximate surface area is 195 Å². The fourth-order valence-corrected chi connectivity index (χ4v) is 3.26. The maximum Gasteiger partial charge on any atom is 0.303 e. The van der Waals surface area contributed by atoms with Gasteiger partial charge in [0.05, 0.1) is 7.11 Å². The molecule has 34 heavy (non-hydrogen) atoms. The molecule has 0 unspecified atom stereocenters. The van der Waals surface area contributed by atoms with Gasteiger partial charge in [0.2, 0.25) is 12.4 Å². The van der Waals surface area contributed by atoms with Crippen molar-refractivity contribution in [1.82, 2.24) is 0 Å². The minimum Gasteiger partial charge on any atom is -0.493 e. The van der Waals surface area contributed by atoms with Gasteiger partial charge in [-0.25, -0.2) is 0 Å². The molecule has 0 saturated carbocycles. The normalized spacial score (nSPS) is 23.7.